The zero-order valence-corrected chi connectivity index (χ0v) is 59.5. The van der Waals surface area contributed by atoms with Crippen molar-refractivity contribution in [1.82, 2.24) is 0 Å². The first-order chi connectivity index (χ1) is 49.7. The van der Waals surface area contributed by atoms with Crippen LogP contribution < -0.4 is 5.46 Å². The Hall–Kier alpha value is -10.2. The summed E-state index contributed by atoms with van der Waals surface area (Å²) in [5.74, 6) is 4.51. The molecule has 0 aliphatic heterocycles. The van der Waals surface area contributed by atoms with Gasteiger partial charge in [0.05, 0.1) is 0 Å². The number of benzene rings is 10. The van der Waals surface area contributed by atoms with E-state index in [1.165, 1.54) is 122 Å². The van der Waals surface area contributed by atoms with Crippen LogP contribution in [0.1, 0.15) is 61.1 Å². The summed E-state index contributed by atoms with van der Waals surface area (Å²) in [7, 11) is -1.44. The fourth-order valence-electron chi connectivity index (χ4n) is 18.5. The van der Waals surface area contributed by atoms with E-state index >= 15 is 0 Å². The minimum absolute atomic E-state index is 0.00540. The molecule has 0 spiro atoms. The molecule has 0 bridgehead atoms. The number of allylic oxidation sites excluding steroid dienone is 28. The molecular formula is C98H80BBrO2. The molecule has 0 saturated heterocycles. The lowest BCUT2D eigenvalue weighted by Crippen LogP contribution is -2.33. The average Bonchev–Trinajstić information content (AvgIpc) is 1.47. The molecule has 10 aliphatic rings. The highest BCUT2D eigenvalue weighted by atomic mass is 79.9. The smallest absolute Gasteiger partial charge is 0.423 e. The minimum Gasteiger partial charge on any atom is -0.423 e. The van der Waals surface area contributed by atoms with Crippen molar-refractivity contribution in [2.24, 2.45) is 59.2 Å². The van der Waals surface area contributed by atoms with E-state index in [1.54, 1.807) is 6.07 Å². The number of halogens is 1. The summed E-state index contributed by atoms with van der Waals surface area (Å²) >= 11 is 3.56. The fraction of sp³-hybridized carbons (Fsp3) is 0.163. The van der Waals surface area contributed by atoms with Gasteiger partial charge in [-0.1, -0.05) is 335 Å². The van der Waals surface area contributed by atoms with Crippen LogP contribution in [0.3, 0.4) is 0 Å². The maximum absolute atomic E-state index is 9.50. The molecule has 10 aromatic carbocycles. The summed E-state index contributed by atoms with van der Waals surface area (Å²) in [6.07, 6.45) is 56.1. The van der Waals surface area contributed by atoms with E-state index in [1.807, 2.05) is 12.1 Å². The van der Waals surface area contributed by atoms with E-state index in [4.69, 9.17) is 0 Å². The Labute approximate surface area is 609 Å². The summed E-state index contributed by atoms with van der Waals surface area (Å²) in [6.45, 7) is 9.38. The molecule has 0 fully saturated rings. The van der Waals surface area contributed by atoms with Crippen molar-refractivity contribution in [1.29, 1.82) is 0 Å². The molecule has 10 aromatic rings. The first kappa shape index (κ1) is 63.9. The Balaban J connectivity index is 0.000000119. The SMILES string of the molecule is CC1(C)c2ccccc2-c2ccc(-c3ccc4cc(Br)ccc4c3)cc21.CC1(C)c2ccccc2-c2ccc(-c3ccc4cc(C5=CC6C=C(C7=CC8C=CC=CC8C8C=CC=CC78)C=CC6C=C5)ccc4c3)cc21.OB(O)c1ccc2ccc(C3=CC4C=CC=CC4C4C=CC=CC34)cc2c1. The third kappa shape index (κ3) is 11.3. The van der Waals surface area contributed by atoms with E-state index in [9.17, 15) is 10.0 Å². The Bertz CT molecular complexity index is 5600. The molecule has 10 aliphatic carbocycles. The van der Waals surface area contributed by atoms with Gasteiger partial charge in [0.15, 0.2) is 0 Å². The largest absolute Gasteiger partial charge is 0.488 e. The van der Waals surface area contributed by atoms with Crippen LogP contribution in [-0.4, -0.2) is 17.2 Å². The maximum Gasteiger partial charge on any atom is 0.488 e. The Morgan fingerprint density at radius 3 is 1.32 bits per heavy atom. The predicted octanol–water partition coefficient (Wildman–Crippen LogP) is 23.4. The van der Waals surface area contributed by atoms with Crippen molar-refractivity contribution in [3.05, 3.63) is 389 Å². The molecule has 20 rings (SSSR count). The summed E-state index contributed by atoms with van der Waals surface area (Å²) in [6, 6.07) is 70.9. The second-order valence-electron chi connectivity index (χ2n) is 30.5. The summed E-state index contributed by atoms with van der Waals surface area (Å²) in [4.78, 5) is 0. The molecule has 102 heavy (non-hydrogen) atoms. The lowest BCUT2D eigenvalue weighted by Gasteiger charge is -2.41. The van der Waals surface area contributed by atoms with Crippen LogP contribution in [0.15, 0.2) is 356 Å². The van der Waals surface area contributed by atoms with Crippen LogP contribution >= 0.6 is 15.9 Å². The van der Waals surface area contributed by atoms with E-state index in [0.29, 0.717) is 64.6 Å². The number of hydrogen-bond acceptors (Lipinski definition) is 2. The van der Waals surface area contributed by atoms with Gasteiger partial charge in [-0.05, 0) is 210 Å². The molecule has 494 valence electrons. The van der Waals surface area contributed by atoms with Gasteiger partial charge in [-0.25, -0.2) is 0 Å². The molecule has 0 amide bonds. The summed E-state index contributed by atoms with van der Waals surface area (Å²) in [5.41, 5.74) is 24.9. The van der Waals surface area contributed by atoms with Crippen LogP contribution in [0.5, 0.6) is 0 Å². The van der Waals surface area contributed by atoms with Crippen molar-refractivity contribution >= 4 is 72.0 Å². The maximum atomic E-state index is 9.50. The first-order valence-electron chi connectivity index (χ1n) is 36.5. The van der Waals surface area contributed by atoms with Crippen molar-refractivity contribution in [3.63, 3.8) is 0 Å². The lowest BCUT2D eigenvalue weighted by molar-refractivity contribution is 0.336. The molecule has 4 heteroatoms. The Morgan fingerprint density at radius 1 is 0.304 bits per heavy atom. The number of fused-ring (bicyclic) bond motifs is 16. The standard InChI is InChI=1S/C49H40.C25H19Br.C24H21BO2/c1-49(2)47-14-8-7-13-44(47)45-24-23-37(30-48(45)49)35-21-20-32-25-34(19-18-33(32)26-35)36-17-15-31-16-22-39(28-40(31)27-36)46-29-38-9-3-4-10-41(38)42-11-5-6-12-43(42)46;1-25(2)23-6-4-3-5-21(23)22-12-10-19(15-24(22)25)16-7-8-18-14-20(26)11-9-17(18)13-16;26-25(27)20-12-11-16-9-10-18(13-19(16)14-20)24-15-17-5-1-2-6-21(17)22-7-3-4-8-23(22)24/h3-31,38,40-43H,1-2H3;3-15H,1-2H3;1-15,17,21-23,26-27H. The third-order valence-corrected chi connectivity index (χ3v) is 24.5. The molecule has 0 aromatic heterocycles. The highest BCUT2D eigenvalue weighted by Gasteiger charge is 2.41. The second kappa shape index (κ2) is 25.7. The van der Waals surface area contributed by atoms with Gasteiger partial charge in [-0.15, -0.1) is 0 Å². The number of hydrogen-bond donors (Lipinski definition) is 2. The monoisotopic (exact) mass is 1380 g/mol. The van der Waals surface area contributed by atoms with Crippen LogP contribution in [0.25, 0.3) is 88.0 Å². The molecular weight excluding hydrogens is 1300 g/mol. The fourth-order valence-corrected chi connectivity index (χ4v) is 18.9. The summed E-state index contributed by atoms with van der Waals surface area (Å²) in [5, 5.41) is 26.2. The molecule has 2 nitrogen and oxygen atoms in total. The van der Waals surface area contributed by atoms with Gasteiger partial charge < -0.3 is 10.0 Å². The quantitative estimate of drug-likeness (QED) is 0.163. The van der Waals surface area contributed by atoms with Crippen LogP contribution in [0.2, 0.25) is 0 Å². The van der Waals surface area contributed by atoms with Gasteiger partial charge >= 0.3 is 7.12 Å². The zero-order valence-electron chi connectivity index (χ0n) is 58.0. The molecule has 0 radical (unpaired) electrons. The Kier molecular flexibility index (Phi) is 16.1. The van der Waals surface area contributed by atoms with Crippen LogP contribution in [-0.2, 0) is 10.8 Å². The molecule has 10 unspecified atom stereocenters. The van der Waals surface area contributed by atoms with E-state index in [2.05, 4.69) is 365 Å². The highest BCUT2D eigenvalue weighted by molar-refractivity contribution is 9.10. The lowest BCUT2D eigenvalue weighted by atomic mass is 9.63. The van der Waals surface area contributed by atoms with Crippen LogP contribution in [0, 0.1) is 59.2 Å². The van der Waals surface area contributed by atoms with Crippen molar-refractivity contribution in [2.75, 3.05) is 0 Å². The molecule has 0 saturated carbocycles. The molecule has 0 heterocycles. The molecule has 2 N–H and O–H groups in total. The number of rotatable bonds is 6. The summed E-state index contributed by atoms with van der Waals surface area (Å²) < 4.78 is 1.12. The van der Waals surface area contributed by atoms with Crippen molar-refractivity contribution < 1.29 is 10.0 Å². The molecule has 10 atom stereocenters. The van der Waals surface area contributed by atoms with Crippen LogP contribution in [0.4, 0.5) is 0 Å². The first-order valence-corrected chi connectivity index (χ1v) is 37.3. The van der Waals surface area contributed by atoms with Crippen molar-refractivity contribution in [3.8, 4) is 44.5 Å². The highest BCUT2D eigenvalue weighted by Crippen LogP contribution is 2.54. The van der Waals surface area contributed by atoms with Gasteiger partial charge in [0.1, 0.15) is 0 Å². The van der Waals surface area contributed by atoms with E-state index in [0.717, 1.165) is 15.2 Å². The van der Waals surface area contributed by atoms with Gasteiger partial charge in [0.25, 0.3) is 0 Å². The zero-order chi connectivity index (χ0) is 69.0. The normalized spacial score (nSPS) is 24.4. The van der Waals surface area contributed by atoms with Gasteiger partial charge in [-0.2, -0.15) is 0 Å². The van der Waals surface area contributed by atoms with Gasteiger partial charge in [-0.3, -0.25) is 0 Å². The van der Waals surface area contributed by atoms with Gasteiger partial charge in [0.2, 0.25) is 0 Å². The topological polar surface area (TPSA) is 40.5 Å². The van der Waals surface area contributed by atoms with E-state index < -0.39 is 7.12 Å². The average molecular weight is 1380 g/mol. The van der Waals surface area contributed by atoms with E-state index in [-0.39, 0.29) is 10.8 Å². The van der Waals surface area contributed by atoms with Gasteiger partial charge in [0, 0.05) is 50.8 Å². The third-order valence-electron chi connectivity index (χ3n) is 24.0. The second-order valence-corrected chi connectivity index (χ2v) is 31.4. The Morgan fingerprint density at radius 2 is 0.725 bits per heavy atom. The minimum atomic E-state index is -1.44. The van der Waals surface area contributed by atoms with Crippen molar-refractivity contribution in [2.45, 2.75) is 38.5 Å². The predicted molar refractivity (Wildman–Crippen MR) is 434 cm³/mol.